The fourth-order valence-electron chi connectivity index (χ4n) is 2.41. The van der Waals surface area contributed by atoms with Crippen molar-refractivity contribution in [2.75, 3.05) is 0 Å². The van der Waals surface area contributed by atoms with E-state index in [4.69, 9.17) is 11.6 Å². The molecule has 9 heteroatoms. The van der Waals surface area contributed by atoms with Gasteiger partial charge < -0.3 is 11.6 Å². The first-order valence-corrected chi connectivity index (χ1v) is 6.72. The number of nitrogens with zero attached hydrogens (tertiary/aromatic N) is 4. The van der Waals surface area contributed by atoms with Crippen molar-refractivity contribution in [3.63, 3.8) is 0 Å². The van der Waals surface area contributed by atoms with Crippen LogP contribution in [0.3, 0.4) is 0 Å². The Bertz CT molecular complexity index is 836. The Morgan fingerprint density at radius 2 is 2.17 bits per heavy atom. The molecule has 0 aromatic carbocycles. The Kier molecular flexibility index (Phi) is 3.55. The Morgan fingerprint density at radius 1 is 1.39 bits per heavy atom. The number of allylic oxidation sites excluding steroid dienone is 4. The monoisotopic (exact) mass is 322 g/mol. The lowest BCUT2D eigenvalue weighted by Crippen LogP contribution is -2.30. The summed E-state index contributed by atoms with van der Waals surface area (Å²) in [6, 6.07) is 1.16. The van der Waals surface area contributed by atoms with Gasteiger partial charge in [0.1, 0.15) is 11.5 Å². The van der Waals surface area contributed by atoms with Crippen LogP contribution < -0.4 is 11.6 Å². The van der Waals surface area contributed by atoms with E-state index in [1.54, 1.807) is 0 Å². The molecule has 1 aliphatic carbocycles. The molecule has 23 heavy (non-hydrogen) atoms. The van der Waals surface area contributed by atoms with Crippen molar-refractivity contribution in [3.8, 4) is 0 Å². The van der Waals surface area contributed by atoms with Gasteiger partial charge in [0.2, 0.25) is 0 Å². The summed E-state index contributed by atoms with van der Waals surface area (Å²) >= 11 is 0. The first kappa shape index (κ1) is 15.1. The zero-order valence-electron chi connectivity index (χ0n) is 11.8. The molecule has 0 spiro atoms. The second-order valence-electron chi connectivity index (χ2n) is 5.09. The van der Waals surface area contributed by atoms with Crippen molar-refractivity contribution < 1.29 is 13.2 Å². The lowest BCUT2D eigenvalue weighted by atomic mass is 9.97. The van der Waals surface area contributed by atoms with Crippen molar-refractivity contribution in [1.29, 1.82) is 0 Å². The average molecular weight is 322 g/mol. The molecule has 4 N–H and O–H groups in total. The summed E-state index contributed by atoms with van der Waals surface area (Å²) < 4.78 is 42.5. The van der Waals surface area contributed by atoms with E-state index in [1.165, 1.54) is 22.9 Å². The third-order valence-electron chi connectivity index (χ3n) is 3.57. The molecule has 6 nitrogen and oxygen atoms in total. The fraction of sp³-hybridized carbons (Fsp3) is 0.214. The molecular weight excluding hydrogens is 309 g/mol. The number of aromatic nitrogens is 3. The van der Waals surface area contributed by atoms with Crippen LogP contribution in [0.15, 0.2) is 41.7 Å². The molecule has 2 heterocycles. The Labute approximate surface area is 129 Å². The molecule has 0 amide bonds. The second-order valence-corrected chi connectivity index (χ2v) is 5.09. The van der Waals surface area contributed by atoms with E-state index in [9.17, 15) is 13.2 Å². The number of hydrogen-bond donors (Lipinski definition) is 2. The van der Waals surface area contributed by atoms with Gasteiger partial charge >= 0.3 is 0 Å². The number of pyridine rings is 1. The summed E-state index contributed by atoms with van der Waals surface area (Å²) in [5, 5.41) is 7.70. The number of amidine groups is 1. The maximum absolute atomic E-state index is 13.9. The molecule has 0 bridgehead atoms. The quantitative estimate of drug-likeness (QED) is 0.388. The van der Waals surface area contributed by atoms with Crippen LogP contribution in [0, 0.1) is 11.7 Å². The summed E-state index contributed by atoms with van der Waals surface area (Å²) in [6.45, 7) is -0.152. The second kappa shape index (κ2) is 5.41. The predicted octanol–water partition coefficient (Wildman–Crippen LogP) is 1.53. The van der Waals surface area contributed by atoms with Gasteiger partial charge in [-0.05, 0) is 12.1 Å². The summed E-state index contributed by atoms with van der Waals surface area (Å²) in [4.78, 5) is 3.92. The predicted molar refractivity (Wildman–Crippen MR) is 79.1 cm³/mol. The standard InChI is InChI=1S/C14H13F3N6/c15-9-5-10-11(12(18)21-19)22-23(13(10)20-6-9)7-8-3-1-2-4-14(8,16)17/h1-6,8H,7,19H2,(H2,18,21). The van der Waals surface area contributed by atoms with E-state index in [0.717, 1.165) is 18.3 Å². The first-order chi connectivity index (χ1) is 10.9. The van der Waals surface area contributed by atoms with E-state index >= 15 is 0 Å². The minimum absolute atomic E-state index is 0.105. The highest BCUT2D eigenvalue weighted by molar-refractivity contribution is 6.06. The lowest BCUT2D eigenvalue weighted by Gasteiger charge is -2.23. The fourth-order valence-corrected chi connectivity index (χ4v) is 2.41. The summed E-state index contributed by atoms with van der Waals surface area (Å²) in [5.74, 6) is 0.275. The van der Waals surface area contributed by atoms with Gasteiger partial charge in [-0.3, -0.25) is 0 Å². The molecule has 0 saturated heterocycles. The van der Waals surface area contributed by atoms with Gasteiger partial charge in [-0.1, -0.05) is 18.2 Å². The summed E-state index contributed by atoms with van der Waals surface area (Å²) in [5.41, 5.74) is 5.97. The van der Waals surface area contributed by atoms with Crippen molar-refractivity contribution in [1.82, 2.24) is 14.8 Å². The van der Waals surface area contributed by atoms with Crippen LogP contribution in [0.2, 0.25) is 0 Å². The number of hydrazone groups is 1. The molecule has 0 fully saturated rings. The molecule has 2 aromatic rings. The highest BCUT2D eigenvalue weighted by Crippen LogP contribution is 2.32. The molecule has 0 radical (unpaired) electrons. The first-order valence-electron chi connectivity index (χ1n) is 6.72. The molecular formula is C14H13F3N6. The molecule has 1 atom stereocenters. The third kappa shape index (κ3) is 2.65. The lowest BCUT2D eigenvalue weighted by molar-refractivity contribution is 0.00193. The van der Waals surface area contributed by atoms with Crippen LogP contribution in [-0.2, 0) is 6.54 Å². The normalized spacial score (nSPS) is 20.3. The van der Waals surface area contributed by atoms with E-state index in [1.807, 2.05) is 0 Å². The Hall–Kier alpha value is -2.84. The third-order valence-corrected chi connectivity index (χ3v) is 3.57. The Morgan fingerprint density at radius 3 is 2.87 bits per heavy atom. The number of alkyl halides is 2. The number of halogens is 3. The van der Waals surface area contributed by atoms with Crippen LogP contribution in [-0.4, -0.2) is 26.5 Å². The van der Waals surface area contributed by atoms with Gasteiger partial charge in [-0.25, -0.2) is 22.8 Å². The highest BCUT2D eigenvalue weighted by Gasteiger charge is 2.37. The van der Waals surface area contributed by atoms with Crippen LogP contribution in [0.4, 0.5) is 13.2 Å². The van der Waals surface area contributed by atoms with Crippen molar-refractivity contribution in [3.05, 3.63) is 48.1 Å². The molecule has 0 aliphatic heterocycles. The zero-order valence-corrected chi connectivity index (χ0v) is 11.8. The molecule has 0 saturated carbocycles. The largest absolute Gasteiger partial charge is 0.380 e. The van der Waals surface area contributed by atoms with Gasteiger partial charge in [-0.15, -0.1) is 0 Å². The van der Waals surface area contributed by atoms with Gasteiger partial charge in [0.05, 0.1) is 24.0 Å². The summed E-state index contributed by atoms with van der Waals surface area (Å²) in [7, 11) is 0. The smallest absolute Gasteiger partial charge is 0.274 e. The summed E-state index contributed by atoms with van der Waals surface area (Å²) in [6.07, 6.45) is 6.02. The van der Waals surface area contributed by atoms with Crippen molar-refractivity contribution >= 4 is 16.9 Å². The van der Waals surface area contributed by atoms with E-state index in [0.29, 0.717) is 0 Å². The molecule has 3 rings (SSSR count). The number of fused-ring (bicyclic) bond motifs is 1. The highest BCUT2D eigenvalue weighted by atomic mass is 19.3. The molecule has 2 aromatic heterocycles. The zero-order chi connectivity index (χ0) is 16.6. The minimum atomic E-state index is -3.01. The topological polar surface area (TPSA) is 95.1 Å². The minimum Gasteiger partial charge on any atom is -0.380 e. The van der Waals surface area contributed by atoms with Crippen LogP contribution in [0.5, 0.6) is 0 Å². The SMILES string of the molecule is NN=C(N)c1nn(CC2C=CC=CC2(F)F)c2ncc(F)cc12. The number of hydrogen-bond acceptors (Lipinski definition) is 4. The van der Waals surface area contributed by atoms with E-state index < -0.39 is 17.7 Å². The number of nitrogens with two attached hydrogens (primary N) is 2. The van der Waals surface area contributed by atoms with Gasteiger partial charge in [0.15, 0.2) is 11.5 Å². The van der Waals surface area contributed by atoms with Crippen LogP contribution in [0.25, 0.3) is 11.0 Å². The van der Waals surface area contributed by atoms with Gasteiger partial charge in [0, 0.05) is 0 Å². The van der Waals surface area contributed by atoms with Crippen molar-refractivity contribution in [2.45, 2.75) is 12.5 Å². The van der Waals surface area contributed by atoms with Crippen LogP contribution >= 0.6 is 0 Å². The molecule has 120 valence electrons. The molecule has 1 aliphatic rings. The van der Waals surface area contributed by atoms with Gasteiger partial charge in [-0.2, -0.15) is 10.2 Å². The van der Waals surface area contributed by atoms with Crippen LogP contribution in [0.1, 0.15) is 5.69 Å². The molecule has 1 unspecified atom stereocenters. The maximum Gasteiger partial charge on any atom is 0.274 e. The van der Waals surface area contributed by atoms with Crippen molar-refractivity contribution in [2.24, 2.45) is 22.6 Å². The van der Waals surface area contributed by atoms with E-state index in [-0.39, 0.29) is 29.1 Å². The van der Waals surface area contributed by atoms with E-state index in [2.05, 4.69) is 15.2 Å². The average Bonchev–Trinajstić information content (AvgIpc) is 2.86. The maximum atomic E-state index is 13.9. The number of rotatable bonds is 3. The Balaban J connectivity index is 2.08. The van der Waals surface area contributed by atoms with Gasteiger partial charge in [0.25, 0.3) is 5.92 Å².